The van der Waals surface area contributed by atoms with E-state index in [0.717, 1.165) is 17.3 Å². The largest absolute Gasteiger partial charge is 0.341 e. The number of benzene rings is 2. The van der Waals surface area contributed by atoms with E-state index >= 15 is 0 Å². The van der Waals surface area contributed by atoms with E-state index in [1.165, 1.54) is 9.80 Å². The minimum atomic E-state index is -3.11. The molecule has 1 atom stereocenters. The zero-order chi connectivity index (χ0) is 25.3. The lowest BCUT2D eigenvalue weighted by atomic mass is 10.2. The number of amidine groups is 1. The number of nitrogens with zero attached hydrogens (tertiary/aromatic N) is 3. The van der Waals surface area contributed by atoms with Gasteiger partial charge in [0, 0.05) is 13.1 Å². The van der Waals surface area contributed by atoms with Gasteiger partial charge in [-0.2, -0.15) is 0 Å². The smallest absolute Gasteiger partial charge is 0.283 e. The van der Waals surface area contributed by atoms with Gasteiger partial charge in [0.2, 0.25) is 5.91 Å². The second kappa shape index (κ2) is 10.3. The molecule has 2 aromatic rings. The van der Waals surface area contributed by atoms with Crippen molar-refractivity contribution in [1.82, 2.24) is 4.90 Å². The lowest BCUT2D eigenvalue weighted by Crippen LogP contribution is -2.39. The van der Waals surface area contributed by atoms with Gasteiger partial charge in [-0.25, -0.2) is 13.4 Å². The van der Waals surface area contributed by atoms with Crippen LogP contribution in [0, 0.1) is 6.92 Å². The normalized spacial score (nSPS) is 20.4. The molecule has 2 aliphatic rings. The first-order chi connectivity index (χ1) is 16.5. The molecule has 2 aromatic carbocycles. The fraction of sp³-hybridized carbons (Fsp3) is 0.292. The monoisotopic (exact) mass is 551 g/mol. The Kier molecular flexibility index (Phi) is 7.61. The fourth-order valence-electron chi connectivity index (χ4n) is 3.79. The summed E-state index contributed by atoms with van der Waals surface area (Å²) in [5.41, 5.74) is 2.54. The summed E-state index contributed by atoms with van der Waals surface area (Å²) in [6.07, 6.45) is 2.05. The number of anilines is 1. The van der Waals surface area contributed by atoms with Crippen molar-refractivity contribution in [1.29, 1.82) is 0 Å². The van der Waals surface area contributed by atoms with E-state index in [-0.39, 0.29) is 40.8 Å². The first kappa shape index (κ1) is 25.8. The summed E-state index contributed by atoms with van der Waals surface area (Å²) in [4.78, 5) is 33.6. The molecular weight excluding hydrogens is 529 g/mol. The Morgan fingerprint density at radius 1 is 1.20 bits per heavy atom. The summed E-state index contributed by atoms with van der Waals surface area (Å²) in [6.45, 7) is 1.95. The first-order valence-corrected chi connectivity index (χ1v) is 14.4. The molecule has 2 aliphatic heterocycles. The van der Waals surface area contributed by atoms with Crippen LogP contribution in [-0.4, -0.2) is 60.6 Å². The van der Waals surface area contributed by atoms with Gasteiger partial charge in [0.1, 0.15) is 5.70 Å². The molecule has 11 heteroatoms. The molecule has 1 fully saturated rings. The highest BCUT2D eigenvalue weighted by Crippen LogP contribution is 2.31. The quantitative estimate of drug-likeness (QED) is 0.513. The van der Waals surface area contributed by atoms with Crippen LogP contribution in [0.15, 0.2) is 53.2 Å². The topological polar surface area (TPSA) is 87.1 Å². The van der Waals surface area contributed by atoms with E-state index in [1.54, 1.807) is 31.3 Å². The second-order valence-corrected chi connectivity index (χ2v) is 12.4. The molecule has 2 heterocycles. The van der Waals surface area contributed by atoms with Crippen LogP contribution in [0.25, 0.3) is 6.08 Å². The number of hydrogen-bond acceptors (Lipinski definition) is 6. The molecule has 0 spiro atoms. The number of aliphatic imine (C=N–C) groups is 1. The Morgan fingerprint density at radius 3 is 2.54 bits per heavy atom. The van der Waals surface area contributed by atoms with Gasteiger partial charge in [-0.15, -0.1) is 0 Å². The number of thioether (sulfide) groups is 1. The number of rotatable bonds is 5. The Morgan fingerprint density at radius 2 is 1.91 bits per heavy atom. The molecular formula is C24H23Cl2N3O4S2. The van der Waals surface area contributed by atoms with Crippen LogP contribution < -0.4 is 4.90 Å². The van der Waals surface area contributed by atoms with E-state index in [1.807, 2.05) is 31.2 Å². The maximum Gasteiger partial charge on any atom is 0.283 e. The van der Waals surface area contributed by atoms with Crippen molar-refractivity contribution in [3.63, 3.8) is 0 Å². The molecule has 1 saturated heterocycles. The van der Waals surface area contributed by atoms with E-state index in [2.05, 4.69) is 4.99 Å². The van der Waals surface area contributed by atoms with Gasteiger partial charge in [0.05, 0.1) is 33.0 Å². The molecule has 1 unspecified atom stereocenters. The SMILES string of the molecule is Cc1ccc(N2C(=O)C(=Cc3ccc(Cl)c(Cl)c3)N=C2SCC(=O)N(C)C2CCS(=O)(=O)C2)cc1. The molecule has 35 heavy (non-hydrogen) atoms. The van der Waals surface area contributed by atoms with Crippen LogP contribution in [0.4, 0.5) is 5.69 Å². The molecule has 0 radical (unpaired) electrons. The number of amides is 2. The zero-order valence-corrected chi connectivity index (χ0v) is 22.2. The average molecular weight is 553 g/mol. The molecule has 4 rings (SSSR count). The predicted molar refractivity (Wildman–Crippen MR) is 143 cm³/mol. The van der Waals surface area contributed by atoms with E-state index in [9.17, 15) is 18.0 Å². The van der Waals surface area contributed by atoms with Crippen molar-refractivity contribution in [2.24, 2.45) is 4.99 Å². The fourth-order valence-corrected chi connectivity index (χ4v) is 6.80. The Bertz CT molecular complexity index is 1340. The summed E-state index contributed by atoms with van der Waals surface area (Å²) in [6, 6.07) is 12.1. The van der Waals surface area contributed by atoms with E-state index in [0.29, 0.717) is 32.9 Å². The van der Waals surface area contributed by atoms with Crippen molar-refractivity contribution in [3.05, 3.63) is 69.3 Å². The number of carbonyl (C=O) groups is 2. The van der Waals surface area contributed by atoms with E-state index in [4.69, 9.17) is 23.2 Å². The molecule has 0 aromatic heterocycles. The average Bonchev–Trinajstić information content (AvgIpc) is 3.33. The number of carbonyl (C=O) groups excluding carboxylic acids is 2. The van der Waals surface area contributed by atoms with Gasteiger partial charge < -0.3 is 4.90 Å². The predicted octanol–water partition coefficient (Wildman–Crippen LogP) is 4.42. The van der Waals surface area contributed by atoms with Crippen LogP contribution >= 0.6 is 35.0 Å². The first-order valence-electron chi connectivity index (χ1n) is 10.8. The minimum Gasteiger partial charge on any atom is -0.341 e. The summed E-state index contributed by atoms with van der Waals surface area (Å²) in [7, 11) is -1.49. The van der Waals surface area contributed by atoms with Crippen LogP contribution in [0.2, 0.25) is 10.0 Å². The van der Waals surface area contributed by atoms with Gasteiger partial charge in [-0.3, -0.25) is 14.5 Å². The van der Waals surface area contributed by atoms with Crippen LogP contribution in [0.1, 0.15) is 17.5 Å². The minimum absolute atomic E-state index is 0.0155. The molecule has 0 N–H and O–H groups in total. The van der Waals surface area contributed by atoms with Crippen molar-refractivity contribution < 1.29 is 18.0 Å². The van der Waals surface area contributed by atoms with Crippen LogP contribution in [-0.2, 0) is 19.4 Å². The molecule has 7 nitrogen and oxygen atoms in total. The number of halogens is 2. The standard InChI is InChI=1S/C24H23Cl2N3O4S2/c1-15-3-6-17(7-4-15)29-23(31)21(12-16-5-8-19(25)20(26)11-16)27-24(29)34-13-22(30)28(2)18-9-10-35(32,33)14-18/h3-8,11-12,18H,9-10,13-14H2,1-2H3. The summed E-state index contributed by atoms with van der Waals surface area (Å²) in [5, 5.41) is 1.14. The highest BCUT2D eigenvalue weighted by Gasteiger charge is 2.35. The number of aryl methyl sites for hydroxylation is 1. The highest BCUT2D eigenvalue weighted by atomic mass is 35.5. The van der Waals surface area contributed by atoms with Gasteiger partial charge >= 0.3 is 0 Å². The molecule has 0 aliphatic carbocycles. The summed E-state index contributed by atoms with van der Waals surface area (Å²) < 4.78 is 23.6. The zero-order valence-electron chi connectivity index (χ0n) is 19.1. The Labute approximate surface area is 218 Å². The lowest BCUT2D eigenvalue weighted by Gasteiger charge is -2.24. The third-order valence-corrected chi connectivity index (χ3v) is 9.26. The molecule has 0 bridgehead atoms. The van der Waals surface area contributed by atoms with Gasteiger partial charge in [0.25, 0.3) is 5.91 Å². The lowest BCUT2D eigenvalue weighted by molar-refractivity contribution is -0.128. The molecule has 0 saturated carbocycles. The number of hydrogen-bond donors (Lipinski definition) is 0. The maximum absolute atomic E-state index is 13.3. The van der Waals surface area contributed by atoms with Crippen molar-refractivity contribution >= 4 is 73.5 Å². The summed E-state index contributed by atoms with van der Waals surface area (Å²) >= 11 is 13.2. The van der Waals surface area contributed by atoms with Crippen molar-refractivity contribution in [2.45, 2.75) is 19.4 Å². The second-order valence-electron chi connectivity index (χ2n) is 8.42. The third kappa shape index (κ3) is 5.91. The van der Waals surface area contributed by atoms with E-state index < -0.39 is 9.84 Å². The number of sulfone groups is 1. The maximum atomic E-state index is 13.3. The van der Waals surface area contributed by atoms with Crippen LogP contribution in [0.5, 0.6) is 0 Å². The van der Waals surface area contributed by atoms with Crippen LogP contribution in [0.3, 0.4) is 0 Å². The molecule has 2 amide bonds. The highest BCUT2D eigenvalue weighted by molar-refractivity contribution is 8.14. The van der Waals surface area contributed by atoms with Gasteiger partial charge in [0.15, 0.2) is 15.0 Å². The Balaban J connectivity index is 1.58. The molecule has 184 valence electrons. The van der Waals surface area contributed by atoms with Gasteiger partial charge in [-0.05, 0) is 49.2 Å². The summed E-state index contributed by atoms with van der Waals surface area (Å²) in [5.74, 6) is -0.469. The third-order valence-electron chi connectivity index (χ3n) is 5.84. The van der Waals surface area contributed by atoms with Crippen molar-refractivity contribution in [2.75, 3.05) is 29.2 Å². The Hall–Kier alpha value is -2.33. The van der Waals surface area contributed by atoms with Crippen molar-refractivity contribution in [3.8, 4) is 0 Å². The van der Waals surface area contributed by atoms with Gasteiger partial charge in [-0.1, -0.05) is 58.7 Å².